The molecule has 1 heterocycles. The molecule has 0 spiro atoms. The van der Waals surface area contributed by atoms with E-state index in [-0.39, 0.29) is 24.9 Å². The van der Waals surface area contributed by atoms with Crippen molar-refractivity contribution in [2.45, 2.75) is 37.6 Å². The summed E-state index contributed by atoms with van der Waals surface area (Å²) in [7, 11) is 1.46. The number of hydrogen-bond donors (Lipinski definition) is 2. The van der Waals surface area contributed by atoms with E-state index in [1.165, 1.54) is 12.1 Å². The summed E-state index contributed by atoms with van der Waals surface area (Å²) >= 11 is 0. The molecule has 1 aromatic carbocycles. The largest absolute Gasteiger partial charge is 0.479 e. The van der Waals surface area contributed by atoms with E-state index in [1.807, 2.05) is 0 Å². The van der Waals surface area contributed by atoms with Crippen LogP contribution in [0.1, 0.15) is 37.7 Å². The third-order valence-corrected chi connectivity index (χ3v) is 4.48. The lowest BCUT2D eigenvalue weighted by Gasteiger charge is -2.37. The molecule has 1 aliphatic heterocycles. The fourth-order valence-corrected chi connectivity index (χ4v) is 3.45. The van der Waals surface area contributed by atoms with Gasteiger partial charge in [0.25, 0.3) is 0 Å². The van der Waals surface area contributed by atoms with Gasteiger partial charge in [0.15, 0.2) is 23.0 Å². The third-order valence-electron chi connectivity index (χ3n) is 4.48. The van der Waals surface area contributed by atoms with Crippen molar-refractivity contribution in [1.82, 2.24) is 10.4 Å². The highest BCUT2D eigenvalue weighted by molar-refractivity contribution is 6.09. The molecule has 0 aromatic heterocycles. The summed E-state index contributed by atoms with van der Waals surface area (Å²) in [5, 5.41) is 11.1. The number of carbonyl (C=O) groups excluding carboxylic acids is 1. The molecule has 0 aliphatic carbocycles. The first-order chi connectivity index (χ1) is 11.3. The van der Waals surface area contributed by atoms with Gasteiger partial charge in [0.2, 0.25) is 0 Å². The van der Waals surface area contributed by atoms with E-state index >= 15 is 0 Å². The number of nitrogens with one attached hydrogen (secondary N) is 1. The number of hydrogen-bond acceptors (Lipinski definition) is 4. The minimum absolute atomic E-state index is 0.0216. The summed E-state index contributed by atoms with van der Waals surface area (Å²) in [5.74, 6) is -6.87. The predicted octanol–water partition coefficient (Wildman–Crippen LogP) is 2.22. The second-order valence-corrected chi connectivity index (χ2v) is 5.75. The van der Waals surface area contributed by atoms with Crippen LogP contribution in [-0.4, -0.2) is 41.0 Å². The van der Waals surface area contributed by atoms with E-state index in [2.05, 4.69) is 5.43 Å². The number of halogens is 3. The van der Waals surface area contributed by atoms with Crippen LogP contribution in [0.15, 0.2) is 12.1 Å². The topological polar surface area (TPSA) is 69.6 Å². The van der Waals surface area contributed by atoms with E-state index in [4.69, 9.17) is 0 Å². The highest BCUT2D eigenvalue weighted by Crippen LogP contribution is 2.44. The van der Waals surface area contributed by atoms with Crippen molar-refractivity contribution in [3.8, 4) is 0 Å². The molecule has 1 aliphatic rings. The van der Waals surface area contributed by atoms with Crippen LogP contribution in [0.25, 0.3) is 0 Å². The van der Waals surface area contributed by atoms with E-state index in [9.17, 15) is 27.9 Å². The quantitative estimate of drug-likeness (QED) is 0.612. The van der Waals surface area contributed by atoms with Crippen molar-refractivity contribution in [3.05, 3.63) is 35.1 Å². The Morgan fingerprint density at radius 1 is 1.29 bits per heavy atom. The van der Waals surface area contributed by atoms with Crippen LogP contribution in [-0.2, 0) is 9.59 Å². The standard InChI is InChI=1S/C16H19F3N2O3/c1-3-4-14(22)16(15(23)24)10(5-6-21(16)20-2)9-7-12(18)13(19)8-11(9)17/h7-8,10,20H,3-6H2,1-2H3,(H,23,24)/t10?,16-/m1/s1. The summed E-state index contributed by atoms with van der Waals surface area (Å²) in [6.45, 7) is 1.88. The highest BCUT2D eigenvalue weighted by atomic mass is 19.2. The monoisotopic (exact) mass is 344 g/mol. The summed E-state index contributed by atoms with van der Waals surface area (Å²) in [6.07, 6.45) is 0.509. The zero-order valence-corrected chi connectivity index (χ0v) is 13.4. The van der Waals surface area contributed by atoms with Crippen molar-refractivity contribution in [2.75, 3.05) is 13.6 Å². The number of ketones is 1. The second kappa shape index (κ2) is 6.90. The number of benzene rings is 1. The van der Waals surface area contributed by atoms with Crippen molar-refractivity contribution in [2.24, 2.45) is 0 Å². The maximum Gasteiger partial charge on any atom is 0.333 e. The van der Waals surface area contributed by atoms with Crippen LogP contribution < -0.4 is 5.43 Å². The average molecular weight is 344 g/mol. The molecular weight excluding hydrogens is 325 g/mol. The molecule has 8 heteroatoms. The number of carboxylic acids is 1. The lowest BCUT2D eigenvalue weighted by Crippen LogP contribution is -2.62. The summed E-state index contributed by atoms with van der Waals surface area (Å²) in [6, 6.07) is 1.02. The van der Waals surface area contributed by atoms with Crippen LogP contribution in [0.5, 0.6) is 0 Å². The molecule has 1 aromatic rings. The molecule has 0 radical (unpaired) electrons. The number of aliphatic carboxylic acids is 1. The average Bonchev–Trinajstić information content (AvgIpc) is 2.91. The third kappa shape index (κ3) is 2.69. The molecule has 1 saturated heterocycles. The second-order valence-electron chi connectivity index (χ2n) is 5.75. The SMILES string of the molecule is CCCC(=O)[C@@]1(C(=O)O)C(c2cc(F)c(F)cc2F)CCN1NC. The lowest BCUT2D eigenvalue weighted by molar-refractivity contribution is -0.159. The van der Waals surface area contributed by atoms with Crippen LogP contribution in [0.3, 0.4) is 0 Å². The molecule has 24 heavy (non-hydrogen) atoms. The number of carboxylic acid groups (broad SMARTS) is 1. The number of nitrogens with zero attached hydrogens (tertiary/aromatic N) is 1. The summed E-state index contributed by atoms with van der Waals surface area (Å²) < 4.78 is 41.0. The molecule has 1 fully saturated rings. The van der Waals surface area contributed by atoms with E-state index in [0.717, 1.165) is 0 Å². The zero-order valence-electron chi connectivity index (χ0n) is 13.4. The molecular formula is C16H19F3N2O3. The Morgan fingerprint density at radius 2 is 1.92 bits per heavy atom. The smallest absolute Gasteiger partial charge is 0.333 e. The normalized spacial score (nSPS) is 24.3. The molecule has 2 rings (SSSR count). The molecule has 0 amide bonds. The number of carbonyl (C=O) groups is 2. The van der Waals surface area contributed by atoms with E-state index in [1.54, 1.807) is 6.92 Å². The fourth-order valence-electron chi connectivity index (χ4n) is 3.45. The molecule has 0 bridgehead atoms. The van der Waals surface area contributed by atoms with Gasteiger partial charge in [-0.3, -0.25) is 10.2 Å². The maximum absolute atomic E-state index is 14.2. The van der Waals surface area contributed by atoms with Crippen LogP contribution in [0.2, 0.25) is 0 Å². The van der Waals surface area contributed by atoms with Crippen molar-refractivity contribution in [3.63, 3.8) is 0 Å². The fraction of sp³-hybridized carbons (Fsp3) is 0.500. The van der Waals surface area contributed by atoms with Gasteiger partial charge in [0.1, 0.15) is 5.82 Å². The minimum Gasteiger partial charge on any atom is -0.479 e. The first-order valence-electron chi connectivity index (χ1n) is 7.66. The minimum atomic E-state index is -2.06. The predicted molar refractivity (Wildman–Crippen MR) is 79.7 cm³/mol. The van der Waals surface area contributed by atoms with Gasteiger partial charge < -0.3 is 5.11 Å². The Kier molecular flexibility index (Phi) is 5.29. The van der Waals surface area contributed by atoms with Crippen LogP contribution in [0.4, 0.5) is 13.2 Å². The number of rotatable bonds is 6. The molecule has 2 atom stereocenters. The molecule has 0 saturated carbocycles. The van der Waals surface area contributed by atoms with Gasteiger partial charge in [-0.15, -0.1) is 0 Å². The molecule has 5 nitrogen and oxygen atoms in total. The summed E-state index contributed by atoms with van der Waals surface area (Å²) in [5.41, 5.74) is 0.295. The van der Waals surface area contributed by atoms with Gasteiger partial charge in [-0.25, -0.2) is 23.0 Å². The number of hydrazine groups is 1. The Labute approximate surface area is 137 Å². The Morgan fingerprint density at radius 3 is 2.46 bits per heavy atom. The van der Waals surface area contributed by atoms with Gasteiger partial charge in [0, 0.05) is 24.9 Å². The highest BCUT2D eigenvalue weighted by Gasteiger charge is 2.60. The number of Topliss-reactive ketones (excluding diaryl/α,β-unsaturated/α-hetero) is 1. The van der Waals surface area contributed by atoms with Crippen LogP contribution >= 0.6 is 0 Å². The van der Waals surface area contributed by atoms with Crippen molar-refractivity contribution < 1.29 is 27.9 Å². The molecule has 1 unspecified atom stereocenters. The Balaban J connectivity index is 2.65. The van der Waals surface area contributed by atoms with Gasteiger partial charge >= 0.3 is 5.97 Å². The summed E-state index contributed by atoms with van der Waals surface area (Å²) in [4.78, 5) is 24.7. The lowest BCUT2D eigenvalue weighted by atomic mass is 9.76. The van der Waals surface area contributed by atoms with Gasteiger partial charge in [0.05, 0.1) is 0 Å². The first kappa shape index (κ1) is 18.4. The van der Waals surface area contributed by atoms with E-state index < -0.39 is 40.7 Å². The van der Waals surface area contributed by atoms with Crippen LogP contribution in [0, 0.1) is 17.5 Å². The first-order valence-corrected chi connectivity index (χ1v) is 7.66. The van der Waals surface area contributed by atoms with Gasteiger partial charge in [-0.05, 0) is 31.5 Å². The van der Waals surface area contributed by atoms with Crippen molar-refractivity contribution in [1.29, 1.82) is 0 Å². The molecule has 2 N–H and O–H groups in total. The Hall–Kier alpha value is -1.93. The van der Waals surface area contributed by atoms with Gasteiger partial charge in [-0.2, -0.15) is 0 Å². The van der Waals surface area contributed by atoms with Gasteiger partial charge in [-0.1, -0.05) is 6.92 Å². The Bertz CT molecular complexity index is 668. The zero-order chi connectivity index (χ0) is 18.1. The van der Waals surface area contributed by atoms with Crippen molar-refractivity contribution >= 4 is 11.8 Å². The van der Waals surface area contributed by atoms with E-state index in [0.29, 0.717) is 18.6 Å². The molecule has 132 valence electrons. The maximum atomic E-state index is 14.2.